The molecule has 0 radical (unpaired) electrons. The molecule has 0 aliphatic carbocycles. The van der Waals surface area contributed by atoms with Crippen LogP contribution in [0.25, 0.3) is 0 Å². The van der Waals surface area contributed by atoms with E-state index in [1.807, 2.05) is 24.8 Å². The van der Waals surface area contributed by atoms with Gasteiger partial charge in [-0.25, -0.2) is 18.3 Å². The molecular formula is C24H42N4O7+2. The number of imidazole rings is 2. The summed E-state index contributed by atoms with van der Waals surface area (Å²) in [4.78, 5) is 0. The Morgan fingerprint density at radius 1 is 0.400 bits per heavy atom. The summed E-state index contributed by atoms with van der Waals surface area (Å²) < 4.78 is 47.7. The van der Waals surface area contributed by atoms with Crippen molar-refractivity contribution >= 4 is 0 Å². The second-order valence-electron chi connectivity index (χ2n) is 8.07. The molecule has 1 aliphatic rings. The predicted molar refractivity (Wildman–Crippen MR) is 125 cm³/mol. The Balaban J connectivity index is 1.31. The third kappa shape index (κ3) is 13.1. The highest BCUT2D eigenvalue weighted by atomic mass is 16.6. The van der Waals surface area contributed by atoms with Crippen LogP contribution >= 0.6 is 0 Å². The van der Waals surface area contributed by atoms with Crippen LogP contribution in [0.15, 0.2) is 37.4 Å². The van der Waals surface area contributed by atoms with Gasteiger partial charge in [0.05, 0.1) is 92.5 Å². The summed E-state index contributed by atoms with van der Waals surface area (Å²) in [5.41, 5.74) is 0. The number of fused-ring (bicyclic) bond motifs is 4. The van der Waals surface area contributed by atoms with Crippen LogP contribution in [-0.4, -0.2) is 102 Å². The first-order valence-electron chi connectivity index (χ1n) is 12.5. The van der Waals surface area contributed by atoms with Crippen molar-refractivity contribution in [3.05, 3.63) is 37.4 Å². The Kier molecular flexibility index (Phi) is 14.6. The van der Waals surface area contributed by atoms with E-state index in [1.54, 1.807) is 0 Å². The summed E-state index contributed by atoms with van der Waals surface area (Å²) in [5.74, 6) is 0. The van der Waals surface area contributed by atoms with Crippen molar-refractivity contribution in [1.82, 2.24) is 9.13 Å². The molecule has 0 atom stereocenters. The van der Waals surface area contributed by atoms with Gasteiger partial charge in [-0.05, 0) is 0 Å². The van der Waals surface area contributed by atoms with Gasteiger partial charge in [0, 0.05) is 0 Å². The SMILES string of the molecule is c1c[n+]2cn1CCOCCOCCOCCOCCn1cc[n+](c1)CCOCCOCCOCC2. The standard InChI is InChI=1S/C24H42N4O7/c1-3-27-7-11-31-15-19-34-21-22-35-20-16-32-12-8-28-4-2-26(24-28)6-10-30-14-18-33-17-13-29-9-5-25(1)23-27/h1-4,23-24H,5-22H2/q+2. The molecule has 1 aliphatic heterocycles. The van der Waals surface area contributed by atoms with E-state index >= 15 is 0 Å². The van der Waals surface area contributed by atoms with Gasteiger partial charge in [-0.2, -0.15) is 0 Å². The van der Waals surface area contributed by atoms with Crippen LogP contribution in [-0.2, 0) is 59.3 Å². The lowest BCUT2D eigenvalue weighted by Crippen LogP contribution is -2.34. The number of nitrogens with zero attached hydrogens (tertiary/aromatic N) is 4. The maximum absolute atomic E-state index is 5.66. The third-order valence-electron chi connectivity index (χ3n) is 5.33. The third-order valence-corrected chi connectivity index (χ3v) is 5.33. The van der Waals surface area contributed by atoms with E-state index in [1.165, 1.54) is 0 Å². The van der Waals surface area contributed by atoms with E-state index in [0.29, 0.717) is 92.5 Å². The van der Waals surface area contributed by atoms with Gasteiger partial charge < -0.3 is 33.2 Å². The first kappa shape index (κ1) is 27.7. The van der Waals surface area contributed by atoms with E-state index < -0.39 is 0 Å². The molecule has 11 nitrogen and oxygen atoms in total. The van der Waals surface area contributed by atoms with E-state index in [-0.39, 0.29) is 0 Å². The van der Waals surface area contributed by atoms with Gasteiger partial charge in [-0.3, -0.25) is 0 Å². The van der Waals surface area contributed by atoms with Crippen molar-refractivity contribution < 1.29 is 42.3 Å². The molecule has 11 heteroatoms. The minimum Gasteiger partial charge on any atom is -0.377 e. The molecule has 0 spiro atoms. The van der Waals surface area contributed by atoms with Crippen molar-refractivity contribution in [2.45, 2.75) is 26.2 Å². The number of rotatable bonds is 0. The van der Waals surface area contributed by atoms with Gasteiger partial charge in [-0.1, -0.05) is 0 Å². The maximum atomic E-state index is 5.66. The summed E-state index contributed by atoms with van der Waals surface area (Å²) in [5, 5.41) is 0. The average Bonchev–Trinajstić information content (AvgIpc) is 3.51. The topological polar surface area (TPSA) is 82.2 Å². The normalized spacial score (nSPS) is 20.6. The number of ether oxygens (including phenoxy) is 7. The fourth-order valence-electron chi connectivity index (χ4n) is 3.39. The van der Waals surface area contributed by atoms with E-state index in [9.17, 15) is 0 Å². The summed E-state index contributed by atoms with van der Waals surface area (Å²) in [6.45, 7) is 11.5. The lowest BCUT2D eigenvalue weighted by Gasteiger charge is -2.07. The summed E-state index contributed by atoms with van der Waals surface area (Å²) in [6.07, 6.45) is 12.3. The smallest absolute Gasteiger partial charge is 0.243 e. The lowest BCUT2D eigenvalue weighted by molar-refractivity contribution is -0.698. The van der Waals surface area contributed by atoms with Gasteiger partial charge in [0.25, 0.3) is 0 Å². The Morgan fingerprint density at radius 2 is 0.714 bits per heavy atom. The van der Waals surface area contributed by atoms with Crippen LogP contribution in [0.2, 0.25) is 0 Å². The van der Waals surface area contributed by atoms with E-state index in [2.05, 4.69) is 30.9 Å². The molecule has 0 fully saturated rings. The number of aromatic nitrogens is 4. The van der Waals surface area contributed by atoms with Crippen molar-refractivity contribution in [2.75, 3.05) is 92.5 Å². The molecule has 0 N–H and O–H groups in total. The molecule has 35 heavy (non-hydrogen) atoms. The van der Waals surface area contributed by atoms with Crippen LogP contribution in [0.3, 0.4) is 0 Å². The molecule has 0 aromatic carbocycles. The predicted octanol–water partition coefficient (Wildman–Crippen LogP) is -0.305. The summed E-state index contributed by atoms with van der Waals surface area (Å²) >= 11 is 0. The van der Waals surface area contributed by atoms with Crippen LogP contribution in [0.4, 0.5) is 0 Å². The molecular weight excluding hydrogens is 456 g/mol. The van der Waals surface area contributed by atoms with Crippen molar-refractivity contribution in [3.63, 3.8) is 0 Å². The minimum atomic E-state index is 0.558. The van der Waals surface area contributed by atoms with Crippen LogP contribution in [0, 0.1) is 0 Å². The van der Waals surface area contributed by atoms with Gasteiger partial charge in [-0.15, -0.1) is 0 Å². The van der Waals surface area contributed by atoms with Gasteiger partial charge >= 0.3 is 0 Å². The number of hydrogen-bond acceptors (Lipinski definition) is 7. The Bertz CT molecular complexity index is 708. The fraction of sp³-hybridized carbons (Fsp3) is 0.750. The van der Waals surface area contributed by atoms with Gasteiger partial charge in [0.15, 0.2) is 0 Å². The Hall–Kier alpha value is -1.86. The van der Waals surface area contributed by atoms with E-state index in [4.69, 9.17) is 33.2 Å². The zero-order valence-electron chi connectivity index (χ0n) is 20.8. The monoisotopic (exact) mass is 498 g/mol. The Morgan fingerprint density at radius 3 is 1.09 bits per heavy atom. The average molecular weight is 499 g/mol. The quantitative estimate of drug-likeness (QED) is 0.461. The highest BCUT2D eigenvalue weighted by molar-refractivity contribution is 4.66. The molecule has 3 heterocycles. The summed E-state index contributed by atoms with van der Waals surface area (Å²) in [7, 11) is 0. The molecule has 0 saturated carbocycles. The molecule has 2 aromatic rings. The van der Waals surface area contributed by atoms with Crippen LogP contribution in [0.5, 0.6) is 0 Å². The maximum Gasteiger partial charge on any atom is 0.243 e. The minimum absolute atomic E-state index is 0.558. The first-order chi connectivity index (χ1) is 17.4. The highest BCUT2D eigenvalue weighted by Crippen LogP contribution is 1.90. The van der Waals surface area contributed by atoms with Crippen molar-refractivity contribution in [3.8, 4) is 0 Å². The number of hydrogen-bond donors (Lipinski definition) is 0. The summed E-state index contributed by atoms with van der Waals surface area (Å²) in [6, 6.07) is 0. The molecule has 3 rings (SSSR count). The van der Waals surface area contributed by atoms with Crippen LogP contribution < -0.4 is 9.13 Å². The van der Waals surface area contributed by atoms with Gasteiger partial charge in [0.2, 0.25) is 12.7 Å². The second kappa shape index (κ2) is 18.4. The molecule has 198 valence electrons. The van der Waals surface area contributed by atoms with Crippen LogP contribution in [0.1, 0.15) is 0 Å². The van der Waals surface area contributed by atoms with Crippen molar-refractivity contribution in [2.24, 2.45) is 0 Å². The lowest BCUT2D eigenvalue weighted by atomic mass is 10.6. The fourth-order valence-corrected chi connectivity index (χ4v) is 3.39. The highest BCUT2D eigenvalue weighted by Gasteiger charge is 2.05. The first-order valence-corrected chi connectivity index (χ1v) is 12.5. The second-order valence-corrected chi connectivity index (χ2v) is 8.07. The van der Waals surface area contributed by atoms with E-state index in [0.717, 1.165) is 26.2 Å². The molecule has 2 aromatic heterocycles. The van der Waals surface area contributed by atoms with Gasteiger partial charge in [0.1, 0.15) is 51.0 Å². The van der Waals surface area contributed by atoms with Crippen molar-refractivity contribution in [1.29, 1.82) is 0 Å². The molecule has 4 bridgehead atoms. The zero-order valence-corrected chi connectivity index (χ0v) is 20.8. The molecule has 0 saturated heterocycles. The zero-order chi connectivity index (χ0) is 24.2. The molecule has 0 amide bonds. The Labute approximate surface area is 208 Å². The largest absolute Gasteiger partial charge is 0.377 e. The molecule has 0 unspecified atom stereocenters.